The van der Waals surface area contributed by atoms with Gasteiger partial charge in [-0.25, -0.2) is 0 Å². The second-order valence-corrected chi connectivity index (χ2v) is 5.61. The Morgan fingerprint density at radius 2 is 2.00 bits per heavy atom. The van der Waals surface area contributed by atoms with Crippen molar-refractivity contribution in [3.05, 3.63) is 50.1 Å². The monoisotopic (exact) mass is 306 g/mol. The van der Waals surface area contributed by atoms with Gasteiger partial charge < -0.3 is 4.74 Å². The number of thiophene rings is 1. The summed E-state index contributed by atoms with van der Waals surface area (Å²) in [7, 11) is 1.59. The van der Waals surface area contributed by atoms with Gasteiger partial charge in [-0.05, 0) is 23.6 Å². The zero-order chi connectivity index (χ0) is 12.4. The van der Waals surface area contributed by atoms with Crippen LogP contribution in [0.3, 0.4) is 0 Å². The van der Waals surface area contributed by atoms with E-state index in [4.69, 9.17) is 39.5 Å². The van der Waals surface area contributed by atoms with Crippen LogP contribution in [-0.4, -0.2) is 7.11 Å². The molecule has 0 amide bonds. The molecular weight excluding hydrogens is 299 g/mol. The number of hydrogen-bond donors (Lipinski definition) is 0. The van der Waals surface area contributed by atoms with E-state index in [1.54, 1.807) is 19.2 Å². The maximum Gasteiger partial charge on any atom is 0.125 e. The molecule has 0 saturated heterocycles. The molecule has 90 valence electrons. The lowest BCUT2D eigenvalue weighted by Gasteiger charge is -2.13. The highest BCUT2D eigenvalue weighted by atomic mass is 35.5. The van der Waals surface area contributed by atoms with Gasteiger partial charge in [0.1, 0.15) is 5.75 Å². The quantitative estimate of drug-likeness (QED) is 0.691. The van der Waals surface area contributed by atoms with Crippen LogP contribution in [0.4, 0.5) is 0 Å². The van der Waals surface area contributed by atoms with Crippen LogP contribution in [0.5, 0.6) is 5.75 Å². The van der Waals surface area contributed by atoms with E-state index < -0.39 is 0 Å². The minimum absolute atomic E-state index is 0.324. The highest BCUT2D eigenvalue weighted by molar-refractivity contribution is 7.11. The summed E-state index contributed by atoms with van der Waals surface area (Å²) in [5, 5.41) is 2.88. The molecule has 0 saturated carbocycles. The van der Waals surface area contributed by atoms with Crippen LogP contribution in [0.15, 0.2) is 29.6 Å². The molecule has 5 heteroatoms. The van der Waals surface area contributed by atoms with Gasteiger partial charge in [-0.15, -0.1) is 22.9 Å². The summed E-state index contributed by atoms with van der Waals surface area (Å²) in [6.07, 6.45) is 0. The lowest BCUT2D eigenvalue weighted by Crippen LogP contribution is -1.96. The second-order valence-electron chi connectivity index (χ2n) is 3.38. The Morgan fingerprint density at radius 1 is 1.24 bits per heavy atom. The normalized spacial score (nSPS) is 12.5. The van der Waals surface area contributed by atoms with Gasteiger partial charge in [-0.3, -0.25) is 0 Å². The molecule has 0 aliphatic rings. The van der Waals surface area contributed by atoms with Gasteiger partial charge in [0.05, 0.1) is 17.5 Å². The van der Waals surface area contributed by atoms with E-state index in [0.29, 0.717) is 15.8 Å². The molecule has 0 aliphatic carbocycles. The molecule has 1 unspecified atom stereocenters. The third-order valence-corrected chi connectivity index (χ3v) is 4.58. The Morgan fingerprint density at radius 3 is 2.59 bits per heavy atom. The first-order valence-corrected chi connectivity index (χ1v) is 6.91. The number of ether oxygens (including phenoxy) is 1. The fourth-order valence-corrected chi connectivity index (χ4v) is 3.35. The van der Waals surface area contributed by atoms with Gasteiger partial charge in [-0.2, -0.15) is 0 Å². The van der Waals surface area contributed by atoms with Crippen LogP contribution in [-0.2, 0) is 0 Å². The van der Waals surface area contributed by atoms with Crippen molar-refractivity contribution in [1.29, 1.82) is 0 Å². The summed E-state index contributed by atoms with van der Waals surface area (Å²) in [6, 6.07) is 7.22. The average Bonchev–Trinajstić information content (AvgIpc) is 2.74. The Labute approximate surface area is 119 Å². The highest BCUT2D eigenvalue weighted by Crippen LogP contribution is 2.41. The third-order valence-electron chi connectivity index (χ3n) is 2.34. The fourth-order valence-electron chi connectivity index (χ4n) is 1.52. The van der Waals surface area contributed by atoms with Crippen molar-refractivity contribution in [2.24, 2.45) is 0 Å². The summed E-state index contributed by atoms with van der Waals surface area (Å²) in [5.74, 6) is 0.668. The maximum absolute atomic E-state index is 6.42. The lowest BCUT2D eigenvalue weighted by molar-refractivity contribution is 0.410. The molecule has 0 aliphatic heterocycles. The minimum Gasteiger partial charge on any atom is -0.496 e. The SMILES string of the molecule is COc1cc(Cl)ccc1C(Cl)c1sccc1Cl. The molecule has 1 nitrogen and oxygen atoms in total. The van der Waals surface area contributed by atoms with E-state index in [9.17, 15) is 0 Å². The van der Waals surface area contributed by atoms with Gasteiger partial charge in [0, 0.05) is 15.5 Å². The number of halogens is 3. The number of hydrogen-bond acceptors (Lipinski definition) is 2. The molecule has 0 spiro atoms. The minimum atomic E-state index is -0.324. The summed E-state index contributed by atoms with van der Waals surface area (Å²) in [4.78, 5) is 0.911. The van der Waals surface area contributed by atoms with E-state index in [1.165, 1.54) is 11.3 Å². The van der Waals surface area contributed by atoms with Gasteiger partial charge in [0.15, 0.2) is 0 Å². The Hall–Kier alpha value is -0.410. The Kier molecular flexibility index (Phi) is 4.21. The molecule has 0 bridgehead atoms. The first kappa shape index (κ1) is 13.0. The predicted molar refractivity (Wildman–Crippen MR) is 75.0 cm³/mol. The topological polar surface area (TPSA) is 9.23 Å². The molecule has 1 heterocycles. The number of rotatable bonds is 3. The van der Waals surface area contributed by atoms with Crippen molar-refractivity contribution in [1.82, 2.24) is 0 Å². The molecule has 2 aromatic rings. The lowest BCUT2D eigenvalue weighted by atomic mass is 10.1. The molecule has 1 atom stereocenters. The largest absolute Gasteiger partial charge is 0.496 e. The highest BCUT2D eigenvalue weighted by Gasteiger charge is 2.19. The van der Waals surface area contributed by atoms with Gasteiger partial charge in [0.2, 0.25) is 0 Å². The van der Waals surface area contributed by atoms with E-state index in [-0.39, 0.29) is 5.38 Å². The zero-order valence-electron chi connectivity index (χ0n) is 8.91. The third kappa shape index (κ3) is 2.71. The van der Waals surface area contributed by atoms with E-state index in [1.807, 2.05) is 17.5 Å². The molecule has 17 heavy (non-hydrogen) atoms. The smallest absolute Gasteiger partial charge is 0.125 e. The fraction of sp³-hybridized carbons (Fsp3) is 0.167. The number of benzene rings is 1. The Bertz CT molecular complexity index is 524. The van der Waals surface area contributed by atoms with Crippen LogP contribution in [0.2, 0.25) is 10.0 Å². The van der Waals surface area contributed by atoms with Crippen LogP contribution in [0.25, 0.3) is 0 Å². The van der Waals surface area contributed by atoms with Crippen molar-refractivity contribution in [2.45, 2.75) is 5.38 Å². The molecule has 0 N–H and O–H groups in total. The van der Waals surface area contributed by atoms with Gasteiger partial charge >= 0.3 is 0 Å². The second kappa shape index (κ2) is 5.49. The first-order chi connectivity index (χ1) is 8.13. The molecule has 0 radical (unpaired) electrons. The molecule has 0 fully saturated rings. The standard InChI is InChI=1S/C12H9Cl3OS/c1-16-10-6-7(13)2-3-8(10)11(15)12-9(14)4-5-17-12/h2-6,11H,1H3. The van der Waals surface area contributed by atoms with Crippen LogP contribution in [0.1, 0.15) is 15.8 Å². The summed E-state index contributed by atoms with van der Waals surface area (Å²) < 4.78 is 5.28. The average molecular weight is 308 g/mol. The van der Waals surface area contributed by atoms with Gasteiger partial charge in [0.25, 0.3) is 0 Å². The van der Waals surface area contributed by atoms with Crippen molar-refractivity contribution in [3.8, 4) is 5.75 Å². The summed E-state index contributed by atoms with van der Waals surface area (Å²) >= 11 is 19.9. The van der Waals surface area contributed by atoms with Crippen LogP contribution >= 0.6 is 46.1 Å². The summed E-state index contributed by atoms with van der Waals surface area (Å²) in [6.45, 7) is 0. The number of methoxy groups -OCH3 is 1. The first-order valence-electron chi connectivity index (χ1n) is 4.84. The van der Waals surface area contributed by atoms with Crippen molar-refractivity contribution < 1.29 is 4.74 Å². The molecule has 1 aromatic carbocycles. The molecular formula is C12H9Cl3OS. The van der Waals surface area contributed by atoms with E-state index in [0.717, 1.165) is 10.4 Å². The van der Waals surface area contributed by atoms with E-state index in [2.05, 4.69) is 0 Å². The Balaban J connectivity index is 2.44. The van der Waals surface area contributed by atoms with Crippen molar-refractivity contribution in [2.75, 3.05) is 7.11 Å². The number of alkyl halides is 1. The predicted octanol–water partition coefficient (Wildman–Crippen LogP) is 5.39. The van der Waals surface area contributed by atoms with E-state index >= 15 is 0 Å². The van der Waals surface area contributed by atoms with Gasteiger partial charge in [-0.1, -0.05) is 29.3 Å². The summed E-state index contributed by atoms with van der Waals surface area (Å²) in [5.41, 5.74) is 0.864. The van der Waals surface area contributed by atoms with Crippen molar-refractivity contribution >= 4 is 46.1 Å². The maximum atomic E-state index is 6.42. The van der Waals surface area contributed by atoms with Crippen molar-refractivity contribution in [3.63, 3.8) is 0 Å². The molecule has 1 aromatic heterocycles. The molecule has 2 rings (SSSR count). The van der Waals surface area contributed by atoms with Crippen LogP contribution in [0, 0.1) is 0 Å². The zero-order valence-corrected chi connectivity index (χ0v) is 12.0. The van der Waals surface area contributed by atoms with Crippen LogP contribution < -0.4 is 4.74 Å².